The number of aliphatic hydroxyl groups excluding tert-OH is 8. The summed E-state index contributed by atoms with van der Waals surface area (Å²) in [5, 5.41) is 81.6. The normalized spacial score (nSPS) is 28.0. The molecule has 36 heavy (non-hydrogen) atoms. The second kappa shape index (κ2) is 14.0. The van der Waals surface area contributed by atoms with Crippen molar-refractivity contribution in [3.8, 4) is 0 Å². The van der Waals surface area contributed by atoms with E-state index in [4.69, 9.17) is 9.47 Å². The molecule has 0 spiro atoms. The molecule has 9 atom stereocenters. The molecule has 1 saturated heterocycles. The Morgan fingerprint density at radius 2 is 1.25 bits per heavy atom. The largest absolute Gasteiger partial charge is 0.394 e. The van der Waals surface area contributed by atoms with E-state index in [1.807, 2.05) is 60.7 Å². The third-order valence-electron chi connectivity index (χ3n) is 5.64. The molecule has 1 aliphatic heterocycles. The molecule has 12 heteroatoms. The number of ether oxygens (including phenoxy) is 2. The van der Waals surface area contributed by atoms with Gasteiger partial charge in [0.1, 0.15) is 48.8 Å². The van der Waals surface area contributed by atoms with Crippen LogP contribution in [0.2, 0.25) is 0 Å². The Bertz CT molecular complexity index is 851. The van der Waals surface area contributed by atoms with Crippen molar-refractivity contribution in [3.63, 3.8) is 0 Å². The van der Waals surface area contributed by atoms with Gasteiger partial charge in [-0.3, -0.25) is 0 Å². The summed E-state index contributed by atoms with van der Waals surface area (Å²) in [6.45, 7) is -1.30. The predicted molar refractivity (Wildman–Crippen MR) is 132 cm³/mol. The summed E-state index contributed by atoms with van der Waals surface area (Å²) in [4.78, 5) is 1.66. The molecular weight excluding hydrogens is 512 g/mol. The molecule has 0 aromatic heterocycles. The van der Waals surface area contributed by atoms with Gasteiger partial charge in [-0.15, -0.1) is 23.5 Å². The molecule has 8 N–H and O–H groups in total. The van der Waals surface area contributed by atoms with Crippen molar-refractivity contribution in [3.05, 3.63) is 60.7 Å². The van der Waals surface area contributed by atoms with E-state index in [2.05, 4.69) is 0 Å². The summed E-state index contributed by atoms with van der Waals surface area (Å²) in [7, 11) is 0. The lowest BCUT2D eigenvalue weighted by atomic mass is 9.99. The van der Waals surface area contributed by atoms with Gasteiger partial charge in [-0.25, -0.2) is 0 Å². The Balaban J connectivity index is 1.63. The molecule has 0 saturated carbocycles. The third kappa shape index (κ3) is 7.63. The molecule has 0 radical (unpaired) electrons. The molecule has 1 heterocycles. The Labute approximate surface area is 217 Å². The summed E-state index contributed by atoms with van der Waals surface area (Å²) in [5.74, 6) is 0. The topological polar surface area (TPSA) is 180 Å². The van der Waals surface area contributed by atoms with Crippen LogP contribution in [0.5, 0.6) is 0 Å². The van der Waals surface area contributed by atoms with Crippen molar-refractivity contribution < 1.29 is 50.3 Å². The molecule has 1 aliphatic rings. The Hall–Kier alpha value is -1.26. The lowest BCUT2D eigenvalue weighted by molar-refractivity contribution is -0.306. The summed E-state index contributed by atoms with van der Waals surface area (Å²) >= 11 is 2.58. The van der Waals surface area contributed by atoms with Crippen LogP contribution in [0, 0.1) is 0 Å². The highest BCUT2D eigenvalue weighted by molar-refractivity contribution is 8.17. The van der Waals surface area contributed by atoms with Gasteiger partial charge >= 0.3 is 0 Å². The van der Waals surface area contributed by atoms with Crippen LogP contribution in [0.1, 0.15) is 0 Å². The Kier molecular flexibility index (Phi) is 11.4. The smallest absolute Gasteiger partial charge is 0.186 e. The first kappa shape index (κ1) is 29.3. The van der Waals surface area contributed by atoms with Gasteiger partial charge in [0.15, 0.2) is 6.29 Å². The molecule has 3 rings (SSSR count). The van der Waals surface area contributed by atoms with Crippen LogP contribution in [-0.4, -0.2) is 114 Å². The van der Waals surface area contributed by atoms with Crippen molar-refractivity contribution in [2.24, 2.45) is 0 Å². The first-order valence-corrected chi connectivity index (χ1v) is 13.1. The highest BCUT2D eigenvalue weighted by Crippen LogP contribution is 2.38. The van der Waals surface area contributed by atoms with E-state index in [-0.39, 0.29) is 0 Å². The summed E-state index contributed by atoms with van der Waals surface area (Å²) in [6, 6.07) is 18.4. The average Bonchev–Trinajstić information content (AvgIpc) is 2.90. The van der Waals surface area contributed by atoms with Crippen molar-refractivity contribution in [2.45, 2.75) is 69.5 Å². The van der Waals surface area contributed by atoms with Gasteiger partial charge in [-0.2, -0.15) is 0 Å². The van der Waals surface area contributed by atoms with E-state index in [0.29, 0.717) is 0 Å². The SMILES string of the molecule is OC[C@H]1O[C@H](OC[C@@H](O)[C@@H](O)[C@H](O)[C@@H](O)C(Sc2ccccc2)Sc2ccccc2)[C@H](O)[C@@H](O)[C@H]1O. The number of thioether (sulfide) groups is 2. The predicted octanol–water partition coefficient (Wildman–Crippen LogP) is -0.843. The van der Waals surface area contributed by atoms with Crippen LogP contribution < -0.4 is 0 Å². The van der Waals surface area contributed by atoms with E-state index in [0.717, 1.165) is 9.79 Å². The first-order valence-electron chi connectivity index (χ1n) is 11.3. The van der Waals surface area contributed by atoms with Crippen molar-refractivity contribution in [1.29, 1.82) is 0 Å². The first-order chi connectivity index (χ1) is 17.2. The molecule has 1 fully saturated rings. The van der Waals surface area contributed by atoms with Gasteiger partial charge in [0.25, 0.3) is 0 Å². The zero-order chi connectivity index (χ0) is 26.2. The van der Waals surface area contributed by atoms with E-state index < -0.39 is 72.9 Å². The minimum atomic E-state index is -1.83. The quantitative estimate of drug-likeness (QED) is 0.123. The maximum atomic E-state index is 11.0. The summed E-state index contributed by atoms with van der Waals surface area (Å²) < 4.78 is 9.78. The van der Waals surface area contributed by atoms with E-state index >= 15 is 0 Å². The zero-order valence-electron chi connectivity index (χ0n) is 19.2. The maximum absolute atomic E-state index is 11.0. The monoisotopic (exact) mass is 544 g/mol. The van der Waals surface area contributed by atoms with Crippen LogP contribution in [0.25, 0.3) is 0 Å². The van der Waals surface area contributed by atoms with Crippen LogP contribution in [0.4, 0.5) is 0 Å². The number of hydrogen-bond acceptors (Lipinski definition) is 12. The number of rotatable bonds is 12. The molecule has 2 aromatic rings. The lowest BCUT2D eigenvalue weighted by Crippen LogP contribution is -2.59. The minimum absolute atomic E-state index is 0.643. The van der Waals surface area contributed by atoms with Crippen LogP contribution >= 0.6 is 23.5 Å². The standard InChI is InChI=1S/C24H32O10S2/c25-11-16-18(28)20(30)21(31)23(34-16)33-12-15(26)17(27)19(29)22(32)24(35-13-7-3-1-4-8-13)36-14-9-5-2-6-10-14/h1-10,15-32H,11-12H2/t15-,16-,17-,18+,19+,20+,21-,22-,23+/m1/s1. The summed E-state index contributed by atoms with van der Waals surface area (Å²) in [6.07, 6.45) is -14.4. The second-order valence-corrected chi connectivity index (χ2v) is 11.0. The molecule has 0 bridgehead atoms. The third-order valence-corrected chi connectivity index (χ3v) is 8.33. The van der Waals surface area contributed by atoms with Crippen LogP contribution in [0.15, 0.2) is 70.5 Å². The number of aliphatic hydroxyl groups is 8. The number of hydrogen-bond donors (Lipinski definition) is 8. The van der Waals surface area contributed by atoms with E-state index in [1.165, 1.54) is 23.5 Å². The highest BCUT2D eigenvalue weighted by atomic mass is 32.2. The van der Waals surface area contributed by atoms with Crippen molar-refractivity contribution >= 4 is 23.5 Å². The second-order valence-electron chi connectivity index (χ2n) is 8.30. The van der Waals surface area contributed by atoms with Gasteiger partial charge in [0.05, 0.1) is 17.8 Å². The minimum Gasteiger partial charge on any atom is -0.394 e. The lowest BCUT2D eigenvalue weighted by Gasteiger charge is -2.40. The van der Waals surface area contributed by atoms with Gasteiger partial charge in [-0.1, -0.05) is 36.4 Å². The molecule has 0 unspecified atom stereocenters. The van der Waals surface area contributed by atoms with Gasteiger partial charge in [0.2, 0.25) is 0 Å². The Morgan fingerprint density at radius 1 is 0.722 bits per heavy atom. The number of benzene rings is 2. The van der Waals surface area contributed by atoms with Crippen molar-refractivity contribution in [1.82, 2.24) is 0 Å². The fourth-order valence-electron chi connectivity index (χ4n) is 3.52. The van der Waals surface area contributed by atoms with Gasteiger partial charge in [-0.05, 0) is 24.3 Å². The molecule has 0 aliphatic carbocycles. The molecule has 2 aromatic carbocycles. The average molecular weight is 545 g/mol. The maximum Gasteiger partial charge on any atom is 0.186 e. The zero-order valence-corrected chi connectivity index (χ0v) is 20.8. The fraction of sp³-hybridized carbons (Fsp3) is 0.500. The van der Waals surface area contributed by atoms with Crippen molar-refractivity contribution in [2.75, 3.05) is 13.2 Å². The van der Waals surface area contributed by atoms with E-state index in [1.54, 1.807) is 0 Å². The Morgan fingerprint density at radius 3 is 1.75 bits per heavy atom. The van der Waals surface area contributed by atoms with Crippen LogP contribution in [-0.2, 0) is 9.47 Å². The highest BCUT2D eigenvalue weighted by Gasteiger charge is 2.44. The molecule has 0 amide bonds. The molecular formula is C24H32O10S2. The fourth-order valence-corrected chi connectivity index (χ4v) is 6.14. The molecule has 200 valence electrons. The van der Waals surface area contributed by atoms with Gasteiger partial charge < -0.3 is 50.3 Å². The summed E-state index contributed by atoms with van der Waals surface area (Å²) in [5.41, 5.74) is 0. The van der Waals surface area contributed by atoms with Gasteiger partial charge in [0, 0.05) is 9.79 Å². The van der Waals surface area contributed by atoms with E-state index in [9.17, 15) is 40.9 Å². The van der Waals surface area contributed by atoms with Crippen LogP contribution in [0.3, 0.4) is 0 Å². The molecule has 10 nitrogen and oxygen atoms in total.